The average molecular weight is 477 g/mol. The number of thioether (sulfide) groups is 1. The summed E-state index contributed by atoms with van der Waals surface area (Å²) in [6.45, 7) is 2.22. The maximum absolute atomic E-state index is 6.28. The average Bonchev–Trinajstić information content (AvgIpc) is 3.07. The van der Waals surface area contributed by atoms with E-state index < -0.39 is 0 Å². The zero-order valence-electron chi connectivity index (χ0n) is 15.5. The number of rotatable bonds is 7. The molecule has 1 N–H and O–H groups in total. The van der Waals surface area contributed by atoms with Crippen LogP contribution in [0.4, 0.5) is 5.69 Å². The predicted octanol–water partition coefficient (Wildman–Crippen LogP) is 6.54. The van der Waals surface area contributed by atoms with E-state index in [9.17, 15) is 0 Å². The van der Waals surface area contributed by atoms with Crippen molar-refractivity contribution in [3.63, 3.8) is 0 Å². The zero-order chi connectivity index (χ0) is 19.3. The van der Waals surface area contributed by atoms with Gasteiger partial charge in [-0.15, -0.1) is 21.5 Å². The van der Waals surface area contributed by atoms with Gasteiger partial charge in [-0.1, -0.05) is 56.1 Å². The van der Waals surface area contributed by atoms with Gasteiger partial charge in [0.15, 0.2) is 5.69 Å². The first-order chi connectivity index (χ1) is 13.7. The molecular formula is C20H21BrN4OS2. The van der Waals surface area contributed by atoms with Gasteiger partial charge in [-0.2, -0.15) is 4.98 Å². The number of nitrogens with one attached hydrogen (secondary N) is 1. The first-order valence-electron chi connectivity index (χ1n) is 9.40. The maximum Gasteiger partial charge on any atom is 0.247 e. The van der Waals surface area contributed by atoms with Crippen LogP contribution < -0.4 is 10.1 Å². The second-order valence-corrected chi connectivity index (χ2v) is 10.0. The molecule has 1 aromatic carbocycles. The lowest BCUT2D eigenvalue weighted by molar-refractivity contribution is 0.229. The molecule has 1 aliphatic rings. The van der Waals surface area contributed by atoms with E-state index in [2.05, 4.69) is 44.4 Å². The molecule has 28 heavy (non-hydrogen) atoms. The van der Waals surface area contributed by atoms with E-state index in [-0.39, 0.29) is 6.23 Å². The van der Waals surface area contributed by atoms with Crippen LogP contribution in [0.3, 0.4) is 0 Å². The lowest BCUT2D eigenvalue weighted by Crippen LogP contribution is -2.15. The Morgan fingerprint density at radius 1 is 1.14 bits per heavy atom. The Morgan fingerprint density at radius 2 is 2.04 bits per heavy atom. The molecule has 8 heteroatoms. The minimum absolute atomic E-state index is 0.321. The van der Waals surface area contributed by atoms with Gasteiger partial charge >= 0.3 is 0 Å². The molecule has 146 valence electrons. The van der Waals surface area contributed by atoms with Crippen molar-refractivity contribution in [1.29, 1.82) is 0 Å². The quantitative estimate of drug-likeness (QED) is 0.308. The van der Waals surface area contributed by atoms with Crippen LogP contribution in [-0.4, -0.2) is 20.9 Å². The smallest absolute Gasteiger partial charge is 0.247 e. The molecule has 0 saturated carbocycles. The summed E-state index contributed by atoms with van der Waals surface area (Å²) >= 11 is 6.82. The minimum atomic E-state index is -0.321. The molecule has 0 spiro atoms. The van der Waals surface area contributed by atoms with Crippen LogP contribution in [0.2, 0.25) is 0 Å². The number of ether oxygens (including phenoxy) is 1. The van der Waals surface area contributed by atoms with Crippen LogP contribution in [-0.2, 0) is 0 Å². The number of nitrogens with zero attached hydrogens (tertiary/aromatic N) is 3. The second kappa shape index (κ2) is 9.24. The topological polar surface area (TPSA) is 59.9 Å². The van der Waals surface area contributed by atoms with Crippen LogP contribution in [0.1, 0.15) is 43.7 Å². The number of anilines is 1. The van der Waals surface area contributed by atoms with Gasteiger partial charge in [0.05, 0.1) is 8.66 Å². The highest BCUT2D eigenvalue weighted by Crippen LogP contribution is 2.41. The van der Waals surface area contributed by atoms with E-state index in [0.717, 1.165) is 32.1 Å². The number of hydrogen-bond acceptors (Lipinski definition) is 7. The van der Waals surface area contributed by atoms with E-state index in [1.165, 1.54) is 19.3 Å². The van der Waals surface area contributed by atoms with E-state index in [1.807, 2.05) is 30.3 Å². The molecule has 0 bridgehead atoms. The Kier molecular flexibility index (Phi) is 6.49. The zero-order valence-corrected chi connectivity index (χ0v) is 18.7. The fraction of sp³-hybridized carbons (Fsp3) is 0.350. The molecule has 0 aliphatic carbocycles. The van der Waals surface area contributed by atoms with Gasteiger partial charge in [-0.05, 0) is 40.5 Å². The SMILES string of the molecule is CCCCCCSc1nnc2c(n1)O[C@@H](c1ccc(Br)s1)Nc1ccccc1-2. The Morgan fingerprint density at radius 3 is 2.86 bits per heavy atom. The summed E-state index contributed by atoms with van der Waals surface area (Å²) in [5.41, 5.74) is 2.60. The molecule has 0 amide bonds. The summed E-state index contributed by atoms with van der Waals surface area (Å²) in [5, 5.41) is 12.9. The largest absolute Gasteiger partial charge is 0.447 e. The van der Waals surface area contributed by atoms with Gasteiger partial charge in [0.25, 0.3) is 0 Å². The lowest BCUT2D eigenvalue weighted by Gasteiger charge is -2.17. The number of fused-ring (bicyclic) bond motifs is 3. The van der Waals surface area contributed by atoms with Crippen LogP contribution in [0, 0.1) is 0 Å². The third-order valence-corrected chi connectivity index (χ3v) is 7.01. The standard InChI is InChI=1S/C20H21BrN4OS2/c1-2-3-4-7-12-27-20-23-19-17(24-25-20)13-8-5-6-9-14(13)22-18(26-19)15-10-11-16(21)28-15/h5-6,8-11,18,22H,2-4,7,12H2,1H3/t18-/m0/s1. The molecule has 2 aromatic heterocycles. The molecule has 1 atom stereocenters. The number of benzene rings is 1. The summed E-state index contributed by atoms with van der Waals surface area (Å²) in [5.74, 6) is 1.52. The Hall–Kier alpha value is -1.64. The highest BCUT2D eigenvalue weighted by Gasteiger charge is 2.26. The van der Waals surface area contributed by atoms with Crippen molar-refractivity contribution in [2.45, 2.75) is 44.0 Å². The highest BCUT2D eigenvalue weighted by atomic mass is 79.9. The molecule has 0 unspecified atom stereocenters. The number of thiophene rings is 1. The normalized spacial score (nSPS) is 15.1. The number of halogens is 1. The third-order valence-electron chi connectivity index (χ3n) is 4.42. The molecule has 4 rings (SSSR count). The lowest BCUT2D eigenvalue weighted by atomic mass is 10.1. The van der Waals surface area contributed by atoms with Gasteiger partial charge in [0.2, 0.25) is 17.3 Å². The first kappa shape index (κ1) is 19.7. The number of para-hydroxylation sites is 1. The Balaban J connectivity index is 1.61. The maximum atomic E-state index is 6.28. The van der Waals surface area contributed by atoms with E-state index in [1.54, 1.807) is 23.1 Å². The van der Waals surface area contributed by atoms with Crippen molar-refractivity contribution in [2.75, 3.05) is 11.1 Å². The second-order valence-electron chi connectivity index (χ2n) is 6.49. The molecule has 0 saturated heterocycles. The number of hydrogen-bond donors (Lipinski definition) is 1. The third kappa shape index (κ3) is 4.50. The molecule has 5 nitrogen and oxygen atoms in total. The van der Waals surface area contributed by atoms with E-state index in [4.69, 9.17) is 9.72 Å². The Labute approximate surface area is 181 Å². The van der Waals surface area contributed by atoms with Gasteiger partial charge in [0.1, 0.15) is 0 Å². The fourth-order valence-corrected chi connectivity index (χ4v) is 5.18. The molecule has 3 aromatic rings. The Bertz CT molecular complexity index is 949. The van der Waals surface area contributed by atoms with Crippen molar-refractivity contribution in [3.8, 4) is 17.1 Å². The van der Waals surface area contributed by atoms with Crippen molar-refractivity contribution in [2.24, 2.45) is 0 Å². The molecule has 1 aliphatic heterocycles. The van der Waals surface area contributed by atoms with Crippen LogP contribution in [0.5, 0.6) is 5.88 Å². The van der Waals surface area contributed by atoms with Gasteiger partial charge < -0.3 is 10.1 Å². The van der Waals surface area contributed by atoms with Gasteiger partial charge in [0, 0.05) is 17.0 Å². The van der Waals surface area contributed by atoms with Crippen molar-refractivity contribution < 1.29 is 4.74 Å². The summed E-state index contributed by atoms with van der Waals surface area (Å²) < 4.78 is 7.34. The summed E-state index contributed by atoms with van der Waals surface area (Å²) in [6, 6.07) is 12.1. The summed E-state index contributed by atoms with van der Waals surface area (Å²) in [6.07, 6.45) is 4.59. The van der Waals surface area contributed by atoms with Crippen LogP contribution in [0.25, 0.3) is 11.3 Å². The molecule has 3 heterocycles. The summed E-state index contributed by atoms with van der Waals surface area (Å²) in [7, 11) is 0. The van der Waals surface area contributed by atoms with E-state index >= 15 is 0 Å². The predicted molar refractivity (Wildman–Crippen MR) is 119 cm³/mol. The van der Waals surface area contributed by atoms with Gasteiger partial charge in [-0.25, -0.2) is 0 Å². The first-order valence-corrected chi connectivity index (χ1v) is 12.0. The molecule has 0 radical (unpaired) electrons. The van der Waals surface area contributed by atoms with Crippen molar-refractivity contribution in [1.82, 2.24) is 15.2 Å². The van der Waals surface area contributed by atoms with Crippen molar-refractivity contribution in [3.05, 3.63) is 45.1 Å². The number of aromatic nitrogens is 3. The van der Waals surface area contributed by atoms with Gasteiger partial charge in [-0.3, -0.25) is 0 Å². The van der Waals surface area contributed by atoms with Crippen LogP contribution in [0.15, 0.2) is 45.3 Å². The van der Waals surface area contributed by atoms with Crippen LogP contribution >= 0.6 is 39.0 Å². The fourth-order valence-electron chi connectivity index (χ4n) is 3.00. The minimum Gasteiger partial charge on any atom is -0.447 e. The summed E-state index contributed by atoms with van der Waals surface area (Å²) in [4.78, 5) is 5.76. The highest BCUT2D eigenvalue weighted by molar-refractivity contribution is 9.11. The molecular weight excluding hydrogens is 456 g/mol. The van der Waals surface area contributed by atoms with E-state index in [0.29, 0.717) is 16.7 Å². The van der Waals surface area contributed by atoms with Crippen molar-refractivity contribution >= 4 is 44.7 Å². The molecule has 0 fully saturated rings. The monoisotopic (exact) mass is 476 g/mol. The number of unbranched alkanes of at least 4 members (excludes halogenated alkanes) is 3.